The Morgan fingerprint density at radius 1 is 1.40 bits per heavy atom. The molecule has 15 heavy (non-hydrogen) atoms. The van der Waals surface area contributed by atoms with Crippen molar-refractivity contribution in [2.45, 2.75) is 6.18 Å². The molecule has 0 spiro atoms. The van der Waals surface area contributed by atoms with E-state index in [0.717, 1.165) is 18.2 Å². The van der Waals surface area contributed by atoms with Crippen molar-refractivity contribution in [3.63, 3.8) is 0 Å². The summed E-state index contributed by atoms with van der Waals surface area (Å²) in [7, 11) is 0. The summed E-state index contributed by atoms with van der Waals surface area (Å²) in [4.78, 5) is 10.8. The Balaban J connectivity index is 3.05. The van der Waals surface area contributed by atoms with Crippen LogP contribution >= 0.6 is 15.9 Å². The third kappa shape index (κ3) is 3.54. The molecular formula is C9H6BrF3O2. The first-order valence-corrected chi connectivity index (χ1v) is 4.69. The van der Waals surface area contributed by atoms with E-state index < -0.39 is 24.3 Å². The highest BCUT2D eigenvalue weighted by Crippen LogP contribution is 2.34. The van der Waals surface area contributed by atoms with Crippen molar-refractivity contribution in [3.05, 3.63) is 34.4 Å². The fourth-order valence-electron chi connectivity index (χ4n) is 0.905. The highest BCUT2D eigenvalue weighted by molar-refractivity contribution is 9.12. The molecule has 1 heterocycles. The number of ether oxygens (including phenoxy) is 1. The van der Waals surface area contributed by atoms with Crippen molar-refractivity contribution in [1.29, 1.82) is 0 Å². The van der Waals surface area contributed by atoms with Gasteiger partial charge in [-0.15, -0.1) is 0 Å². The lowest BCUT2D eigenvalue weighted by atomic mass is 10.2. The smallest absolute Gasteiger partial charge is 0.417 e. The van der Waals surface area contributed by atoms with Crippen molar-refractivity contribution in [1.82, 2.24) is 0 Å². The third-order valence-corrected chi connectivity index (χ3v) is 2.24. The van der Waals surface area contributed by atoms with Gasteiger partial charge in [0.1, 0.15) is 6.61 Å². The van der Waals surface area contributed by atoms with Crippen LogP contribution in [0.3, 0.4) is 0 Å². The minimum atomic E-state index is -4.47. The Kier molecular flexibility index (Phi) is 3.73. The van der Waals surface area contributed by atoms with E-state index in [1.165, 1.54) is 6.08 Å². The average Bonchev–Trinajstić information content (AvgIpc) is 2.16. The predicted molar refractivity (Wildman–Crippen MR) is 51.2 cm³/mol. The molecule has 0 aromatic rings. The molecular weight excluding hydrogens is 277 g/mol. The molecule has 82 valence electrons. The van der Waals surface area contributed by atoms with Gasteiger partial charge in [-0.3, -0.25) is 0 Å². The second-order valence-electron chi connectivity index (χ2n) is 2.62. The Morgan fingerprint density at radius 2 is 2.07 bits per heavy atom. The summed E-state index contributed by atoms with van der Waals surface area (Å²) < 4.78 is 41.6. The minimum absolute atomic E-state index is 0.135. The van der Waals surface area contributed by atoms with Gasteiger partial charge in [-0.25, -0.2) is 4.79 Å². The number of cyclic esters (lactones) is 1. The molecule has 0 N–H and O–H groups in total. The van der Waals surface area contributed by atoms with Gasteiger partial charge in [0.15, 0.2) is 0 Å². The van der Waals surface area contributed by atoms with Gasteiger partial charge in [0.2, 0.25) is 0 Å². The van der Waals surface area contributed by atoms with Gasteiger partial charge in [-0.05, 0) is 12.2 Å². The van der Waals surface area contributed by atoms with Gasteiger partial charge in [0, 0.05) is 10.6 Å². The quantitative estimate of drug-likeness (QED) is 0.639. The summed E-state index contributed by atoms with van der Waals surface area (Å²) in [6.07, 6.45) is -0.275. The van der Waals surface area contributed by atoms with E-state index in [0.29, 0.717) is 0 Å². The van der Waals surface area contributed by atoms with Gasteiger partial charge in [-0.2, -0.15) is 13.2 Å². The summed E-state index contributed by atoms with van der Waals surface area (Å²) >= 11 is 2.78. The number of rotatable bonds is 0. The Bertz CT molecular complexity index is 353. The Hall–Kier alpha value is -1.04. The van der Waals surface area contributed by atoms with Crippen molar-refractivity contribution in [2.24, 2.45) is 0 Å². The third-order valence-electron chi connectivity index (χ3n) is 1.55. The van der Waals surface area contributed by atoms with Crippen molar-refractivity contribution in [3.8, 4) is 0 Å². The first kappa shape index (κ1) is 12.0. The number of halogens is 4. The van der Waals surface area contributed by atoms with Crippen molar-refractivity contribution in [2.75, 3.05) is 6.61 Å². The SMILES string of the molecule is O=C1/C=C/C=C(Br)\C(C(F)(F)F)=C\CO1. The fourth-order valence-corrected chi connectivity index (χ4v) is 1.44. The van der Waals surface area contributed by atoms with E-state index in [-0.39, 0.29) is 4.48 Å². The number of esters is 1. The normalized spacial score (nSPS) is 27.3. The molecule has 0 saturated carbocycles. The molecule has 0 aromatic carbocycles. The van der Waals surface area contributed by atoms with Crippen LogP contribution in [0.5, 0.6) is 0 Å². The largest absolute Gasteiger partial charge is 0.458 e. The van der Waals surface area contributed by atoms with E-state index in [4.69, 9.17) is 0 Å². The van der Waals surface area contributed by atoms with Crippen LogP contribution in [-0.4, -0.2) is 18.8 Å². The zero-order valence-electron chi connectivity index (χ0n) is 7.34. The van der Waals surface area contributed by atoms with Crippen LogP contribution in [0.2, 0.25) is 0 Å². The molecule has 1 rings (SSSR count). The van der Waals surface area contributed by atoms with Crippen LogP contribution in [0.1, 0.15) is 0 Å². The van der Waals surface area contributed by atoms with Crippen LogP contribution in [-0.2, 0) is 9.53 Å². The zero-order chi connectivity index (χ0) is 11.5. The van der Waals surface area contributed by atoms with E-state index in [9.17, 15) is 18.0 Å². The topological polar surface area (TPSA) is 26.3 Å². The number of alkyl halides is 3. The maximum absolute atomic E-state index is 12.4. The molecule has 1 aliphatic heterocycles. The molecule has 0 aromatic heterocycles. The summed E-state index contributed by atoms with van der Waals surface area (Å²) in [6, 6.07) is 0. The zero-order valence-corrected chi connectivity index (χ0v) is 8.93. The molecule has 0 saturated heterocycles. The van der Waals surface area contributed by atoms with Gasteiger partial charge in [0.25, 0.3) is 0 Å². The number of allylic oxidation sites excluding steroid dienone is 4. The molecule has 0 atom stereocenters. The first-order chi connectivity index (χ1) is 6.91. The lowest BCUT2D eigenvalue weighted by Gasteiger charge is -2.10. The second kappa shape index (κ2) is 4.65. The van der Waals surface area contributed by atoms with Crippen LogP contribution < -0.4 is 0 Å². The number of carbonyl (C=O) groups is 1. The van der Waals surface area contributed by atoms with Crippen molar-refractivity contribution < 1.29 is 22.7 Å². The molecule has 6 heteroatoms. The predicted octanol–water partition coefficient (Wildman–Crippen LogP) is 2.87. The lowest BCUT2D eigenvalue weighted by molar-refractivity contribution is -0.136. The summed E-state index contributed by atoms with van der Waals surface area (Å²) in [6.45, 7) is -0.402. The van der Waals surface area contributed by atoms with Gasteiger partial charge in [-0.1, -0.05) is 22.0 Å². The minimum Gasteiger partial charge on any atom is -0.458 e. The molecule has 2 nitrogen and oxygen atoms in total. The Labute approximate surface area is 92.2 Å². The van der Waals surface area contributed by atoms with Gasteiger partial charge in [0.05, 0.1) is 5.57 Å². The molecule has 0 amide bonds. The van der Waals surface area contributed by atoms with Crippen LogP contribution in [0.15, 0.2) is 34.4 Å². The molecule has 1 aliphatic rings. The van der Waals surface area contributed by atoms with Crippen LogP contribution in [0.4, 0.5) is 13.2 Å². The van der Waals surface area contributed by atoms with Crippen LogP contribution in [0, 0.1) is 0 Å². The summed E-state index contributed by atoms with van der Waals surface area (Å²) in [5.74, 6) is -0.675. The number of hydrogen-bond acceptors (Lipinski definition) is 2. The number of hydrogen-bond donors (Lipinski definition) is 0. The molecule has 0 unspecified atom stereocenters. The molecule has 0 fully saturated rings. The molecule has 0 radical (unpaired) electrons. The second-order valence-corrected chi connectivity index (χ2v) is 3.47. The Morgan fingerprint density at radius 3 is 2.67 bits per heavy atom. The monoisotopic (exact) mass is 282 g/mol. The lowest BCUT2D eigenvalue weighted by Crippen LogP contribution is -2.13. The summed E-state index contributed by atoms with van der Waals surface area (Å²) in [5, 5.41) is 0. The average molecular weight is 283 g/mol. The standard InChI is InChI=1S/C9H6BrF3O2/c10-7-2-1-3-8(14)15-5-4-6(7)9(11,12)13/h1-4H,5H2/b3-1+,6-4-,7-2+. The fraction of sp³-hybridized carbons (Fsp3) is 0.222. The van der Waals surface area contributed by atoms with E-state index >= 15 is 0 Å². The maximum Gasteiger partial charge on any atom is 0.417 e. The van der Waals surface area contributed by atoms with E-state index in [1.807, 2.05) is 0 Å². The van der Waals surface area contributed by atoms with Crippen LogP contribution in [0.25, 0.3) is 0 Å². The van der Waals surface area contributed by atoms with E-state index in [1.54, 1.807) is 0 Å². The highest BCUT2D eigenvalue weighted by Gasteiger charge is 2.35. The number of carbonyl (C=O) groups excluding carboxylic acids is 1. The van der Waals surface area contributed by atoms with Gasteiger partial charge >= 0.3 is 12.1 Å². The highest BCUT2D eigenvalue weighted by atomic mass is 79.9. The first-order valence-electron chi connectivity index (χ1n) is 3.89. The molecule has 0 aliphatic carbocycles. The van der Waals surface area contributed by atoms with Crippen molar-refractivity contribution >= 4 is 21.9 Å². The molecule has 0 bridgehead atoms. The van der Waals surface area contributed by atoms with Gasteiger partial charge < -0.3 is 4.74 Å². The maximum atomic E-state index is 12.4. The van der Waals surface area contributed by atoms with E-state index in [2.05, 4.69) is 20.7 Å². The summed E-state index contributed by atoms with van der Waals surface area (Å²) in [5.41, 5.74) is -0.859.